The minimum atomic E-state index is 0.738. The van der Waals surface area contributed by atoms with Crippen LogP contribution in [0.4, 0.5) is 0 Å². The molecule has 0 unspecified atom stereocenters. The number of nitrogens with zero attached hydrogens (tertiary/aromatic N) is 4. The van der Waals surface area contributed by atoms with Crippen LogP contribution in [0.15, 0.2) is 182 Å². The highest BCUT2D eigenvalue weighted by Crippen LogP contribution is 2.38. The summed E-state index contributed by atoms with van der Waals surface area (Å²) in [6.45, 7) is 8.60. The van der Waals surface area contributed by atoms with Gasteiger partial charge in [0.1, 0.15) is 0 Å². The first-order chi connectivity index (χ1) is 29.4. The molecule has 11 rings (SSSR count). The van der Waals surface area contributed by atoms with E-state index in [4.69, 9.17) is 9.97 Å². The molecule has 8 aromatic carbocycles. The molecule has 286 valence electrons. The van der Waals surface area contributed by atoms with Crippen LogP contribution in [-0.4, -0.2) is 19.1 Å². The molecule has 0 aliphatic heterocycles. The normalized spacial score (nSPS) is 11.7. The van der Waals surface area contributed by atoms with E-state index < -0.39 is 0 Å². The molecular weight excluding hydrogens is 729 g/mol. The highest BCUT2D eigenvalue weighted by Gasteiger charge is 2.18. The molecule has 0 aliphatic rings. The Morgan fingerprint density at radius 2 is 0.800 bits per heavy atom. The van der Waals surface area contributed by atoms with Gasteiger partial charge in [-0.1, -0.05) is 126 Å². The predicted octanol–water partition coefficient (Wildman–Crippen LogP) is 14.6. The number of aromatic nitrogens is 4. The fourth-order valence-electron chi connectivity index (χ4n) is 9.08. The van der Waals surface area contributed by atoms with Crippen molar-refractivity contribution in [2.45, 2.75) is 27.7 Å². The molecule has 0 saturated heterocycles. The van der Waals surface area contributed by atoms with Gasteiger partial charge >= 0.3 is 0 Å². The summed E-state index contributed by atoms with van der Waals surface area (Å²) in [5.74, 6) is 0.738. The van der Waals surface area contributed by atoms with Gasteiger partial charge in [-0.15, -0.1) is 0 Å². The molecule has 0 atom stereocenters. The molecular formula is C56H42N4. The van der Waals surface area contributed by atoms with Crippen LogP contribution in [0, 0.1) is 27.7 Å². The zero-order valence-electron chi connectivity index (χ0n) is 34.1. The molecule has 0 bridgehead atoms. The van der Waals surface area contributed by atoms with Crippen molar-refractivity contribution in [3.05, 3.63) is 204 Å². The van der Waals surface area contributed by atoms with E-state index in [1.807, 2.05) is 0 Å². The Bertz CT molecular complexity index is 3330. The van der Waals surface area contributed by atoms with Gasteiger partial charge in [0.05, 0.1) is 33.5 Å². The van der Waals surface area contributed by atoms with Crippen LogP contribution >= 0.6 is 0 Å². The van der Waals surface area contributed by atoms with Crippen molar-refractivity contribution in [2.75, 3.05) is 0 Å². The average molecular weight is 771 g/mol. The van der Waals surface area contributed by atoms with Crippen molar-refractivity contribution >= 4 is 43.6 Å². The summed E-state index contributed by atoms with van der Waals surface area (Å²) in [4.78, 5) is 10.2. The van der Waals surface area contributed by atoms with Crippen molar-refractivity contribution in [3.8, 4) is 56.4 Å². The molecule has 11 aromatic rings. The van der Waals surface area contributed by atoms with Gasteiger partial charge in [-0.05, 0) is 117 Å². The Balaban J connectivity index is 0.958. The van der Waals surface area contributed by atoms with Crippen molar-refractivity contribution in [3.63, 3.8) is 0 Å². The van der Waals surface area contributed by atoms with Gasteiger partial charge in [-0.2, -0.15) is 0 Å². The number of benzene rings is 8. The molecule has 0 aliphatic carbocycles. The summed E-state index contributed by atoms with van der Waals surface area (Å²) >= 11 is 0. The summed E-state index contributed by atoms with van der Waals surface area (Å²) in [6, 6.07) is 65.9. The van der Waals surface area contributed by atoms with E-state index in [0.29, 0.717) is 0 Å². The molecule has 4 nitrogen and oxygen atoms in total. The van der Waals surface area contributed by atoms with E-state index in [-0.39, 0.29) is 0 Å². The van der Waals surface area contributed by atoms with Gasteiger partial charge < -0.3 is 9.13 Å². The highest BCUT2D eigenvalue weighted by molar-refractivity contribution is 6.12. The molecule has 0 saturated carbocycles. The van der Waals surface area contributed by atoms with Gasteiger partial charge in [-0.3, -0.25) is 0 Å². The van der Waals surface area contributed by atoms with Gasteiger partial charge in [-0.25, -0.2) is 9.97 Å². The third-order valence-electron chi connectivity index (χ3n) is 12.2. The lowest BCUT2D eigenvalue weighted by Crippen LogP contribution is -1.98. The van der Waals surface area contributed by atoms with Crippen LogP contribution in [0.3, 0.4) is 0 Å². The van der Waals surface area contributed by atoms with E-state index in [1.54, 1.807) is 0 Å². The van der Waals surface area contributed by atoms with Gasteiger partial charge in [0.2, 0.25) is 0 Å². The highest BCUT2D eigenvalue weighted by atomic mass is 15.0. The largest absolute Gasteiger partial charge is 0.309 e. The molecule has 0 spiro atoms. The van der Waals surface area contributed by atoms with E-state index in [2.05, 4.69) is 219 Å². The molecule has 0 fully saturated rings. The maximum absolute atomic E-state index is 5.12. The first kappa shape index (κ1) is 35.6. The van der Waals surface area contributed by atoms with Crippen molar-refractivity contribution in [1.29, 1.82) is 0 Å². The van der Waals surface area contributed by atoms with Crippen LogP contribution in [0.25, 0.3) is 100 Å². The molecule has 0 amide bonds. The van der Waals surface area contributed by atoms with Gasteiger partial charge in [0, 0.05) is 49.6 Å². The van der Waals surface area contributed by atoms with E-state index in [0.717, 1.165) is 62.0 Å². The second-order valence-electron chi connectivity index (χ2n) is 16.1. The molecule has 4 heteroatoms. The summed E-state index contributed by atoms with van der Waals surface area (Å²) < 4.78 is 4.82. The van der Waals surface area contributed by atoms with Crippen molar-refractivity contribution < 1.29 is 0 Å². The lowest BCUT2D eigenvalue weighted by molar-refractivity contribution is 1.16. The minimum Gasteiger partial charge on any atom is -0.309 e. The first-order valence-electron chi connectivity index (χ1n) is 20.7. The van der Waals surface area contributed by atoms with Crippen LogP contribution in [0.5, 0.6) is 0 Å². The summed E-state index contributed by atoms with van der Waals surface area (Å²) in [7, 11) is 0. The Labute approximate surface area is 349 Å². The Morgan fingerprint density at radius 1 is 0.333 bits per heavy atom. The Hall–Kier alpha value is -7.56. The Kier molecular flexibility index (Phi) is 8.35. The molecule has 60 heavy (non-hydrogen) atoms. The molecule has 3 heterocycles. The number of rotatable bonds is 6. The third kappa shape index (κ3) is 5.91. The zero-order chi connectivity index (χ0) is 40.5. The van der Waals surface area contributed by atoms with Crippen molar-refractivity contribution in [2.24, 2.45) is 0 Å². The van der Waals surface area contributed by atoms with Crippen LogP contribution in [-0.2, 0) is 0 Å². The summed E-state index contributed by atoms with van der Waals surface area (Å²) in [6.07, 6.45) is 0. The summed E-state index contributed by atoms with van der Waals surface area (Å²) in [5.41, 5.74) is 19.4. The van der Waals surface area contributed by atoms with E-state index in [1.165, 1.54) is 60.3 Å². The molecule has 0 radical (unpaired) electrons. The number of hydrogen-bond acceptors (Lipinski definition) is 2. The smallest absolute Gasteiger partial charge is 0.160 e. The van der Waals surface area contributed by atoms with E-state index in [9.17, 15) is 0 Å². The topological polar surface area (TPSA) is 35.6 Å². The maximum atomic E-state index is 5.12. The molecule has 3 aromatic heterocycles. The number of aryl methyl sites for hydroxylation is 4. The van der Waals surface area contributed by atoms with Crippen LogP contribution < -0.4 is 0 Å². The standard InChI is InChI=1S/C56H42N4/c1-35-17-28-53-47(31-35)48-32-36(2)18-29-54(48)60(53)43-27-30-55-49(33-43)46-15-9-10-16-52(46)59(55)42-25-23-40(24-26-42)39-19-21-41(22-20-39)50-34-51(44-13-7-5-11-37(44)3)58-56(57-50)45-14-8-6-12-38(45)4/h5-34H,1-4H3. The van der Waals surface area contributed by atoms with Gasteiger partial charge in [0.25, 0.3) is 0 Å². The maximum Gasteiger partial charge on any atom is 0.160 e. The number of fused-ring (bicyclic) bond motifs is 6. The number of para-hydroxylation sites is 1. The fraction of sp³-hybridized carbons (Fsp3) is 0.0714. The predicted molar refractivity (Wildman–Crippen MR) is 251 cm³/mol. The fourth-order valence-corrected chi connectivity index (χ4v) is 9.08. The van der Waals surface area contributed by atoms with Crippen LogP contribution in [0.1, 0.15) is 22.3 Å². The molecule has 0 N–H and O–H groups in total. The second-order valence-corrected chi connectivity index (χ2v) is 16.1. The number of hydrogen-bond donors (Lipinski definition) is 0. The van der Waals surface area contributed by atoms with Gasteiger partial charge in [0.15, 0.2) is 5.82 Å². The van der Waals surface area contributed by atoms with Crippen molar-refractivity contribution in [1.82, 2.24) is 19.1 Å². The monoisotopic (exact) mass is 770 g/mol. The second kappa shape index (κ2) is 14.1. The minimum absolute atomic E-state index is 0.738. The zero-order valence-corrected chi connectivity index (χ0v) is 34.1. The van der Waals surface area contributed by atoms with E-state index >= 15 is 0 Å². The quantitative estimate of drug-likeness (QED) is 0.169. The lowest BCUT2D eigenvalue weighted by Gasteiger charge is -2.13. The Morgan fingerprint density at radius 3 is 1.45 bits per heavy atom. The SMILES string of the molecule is Cc1ccc2c(c1)c1cc(C)ccc1n2-c1ccc2c(c1)c1ccccc1n2-c1ccc(-c2ccc(-c3cc(-c4ccccc4C)nc(-c4ccccc4C)n3)cc2)cc1. The average Bonchev–Trinajstić information content (AvgIpc) is 3.78. The van der Waals surface area contributed by atoms with Crippen LogP contribution in [0.2, 0.25) is 0 Å². The third-order valence-corrected chi connectivity index (χ3v) is 12.2. The summed E-state index contributed by atoms with van der Waals surface area (Å²) in [5, 5.41) is 5.05. The lowest BCUT2D eigenvalue weighted by atomic mass is 10.00. The first-order valence-corrected chi connectivity index (χ1v) is 20.7.